The van der Waals surface area contributed by atoms with Crippen molar-refractivity contribution >= 4 is 34.0 Å². The average Bonchev–Trinajstić information content (AvgIpc) is 2.92. The first kappa shape index (κ1) is 24.7. The van der Waals surface area contributed by atoms with Crippen LogP contribution in [-0.2, 0) is 0 Å². The third kappa shape index (κ3) is 6.62. The van der Waals surface area contributed by atoms with Crippen molar-refractivity contribution in [3.63, 3.8) is 0 Å². The molecule has 3 heterocycles. The Bertz CT molecular complexity index is 1350. The van der Waals surface area contributed by atoms with Crippen LogP contribution >= 0.6 is 0 Å². The molecule has 37 heavy (non-hydrogen) atoms. The molecule has 0 saturated carbocycles. The molecule has 4 aromatic rings. The van der Waals surface area contributed by atoms with E-state index in [1.165, 1.54) is 44.5 Å². The maximum atomic E-state index is 13.6. The maximum absolute atomic E-state index is 13.6. The molecule has 2 aromatic carbocycles. The summed E-state index contributed by atoms with van der Waals surface area (Å²) in [6.45, 7) is 4.10. The van der Waals surface area contributed by atoms with Crippen molar-refractivity contribution in [3.8, 4) is 11.5 Å². The summed E-state index contributed by atoms with van der Waals surface area (Å²) in [6, 6.07) is 13.8. The molecule has 1 aliphatic rings. The van der Waals surface area contributed by atoms with Gasteiger partial charge in [0.25, 0.3) is 0 Å². The molecule has 0 amide bonds. The molecule has 0 spiro atoms. The summed E-state index contributed by atoms with van der Waals surface area (Å²) in [6.07, 6.45) is 8.27. The molecule has 0 bridgehead atoms. The lowest BCUT2D eigenvalue weighted by molar-refractivity contribution is 0.203. The van der Waals surface area contributed by atoms with Gasteiger partial charge in [-0.3, -0.25) is 4.98 Å². The van der Waals surface area contributed by atoms with E-state index in [9.17, 15) is 4.39 Å². The Morgan fingerprint density at radius 3 is 2.68 bits per heavy atom. The molecular formula is C28H31FN6O2. The highest BCUT2D eigenvalue weighted by Gasteiger charge is 2.11. The van der Waals surface area contributed by atoms with Crippen LogP contribution in [0.3, 0.4) is 0 Å². The van der Waals surface area contributed by atoms with Gasteiger partial charge in [-0.1, -0.05) is 6.42 Å². The minimum atomic E-state index is -0.302. The van der Waals surface area contributed by atoms with Crippen molar-refractivity contribution in [3.05, 3.63) is 66.7 Å². The average molecular weight is 503 g/mol. The summed E-state index contributed by atoms with van der Waals surface area (Å²) in [5.74, 6) is 2.05. The molecule has 1 saturated heterocycles. The number of ether oxygens (including phenoxy) is 2. The Balaban J connectivity index is 1.20. The van der Waals surface area contributed by atoms with Gasteiger partial charge in [-0.05, 0) is 74.8 Å². The van der Waals surface area contributed by atoms with Crippen LogP contribution in [0.1, 0.15) is 25.7 Å². The molecule has 1 fully saturated rings. The number of hydrogen-bond acceptors (Lipinski definition) is 8. The molecule has 2 N–H and O–H groups in total. The monoisotopic (exact) mass is 502 g/mol. The van der Waals surface area contributed by atoms with E-state index in [1.54, 1.807) is 31.6 Å². The van der Waals surface area contributed by atoms with Crippen LogP contribution < -0.4 is 20.1 Å². The van der Waals surface area contributed by atoms with Gasteiger partial charge >= 0.3 is 0 Å². The van der Waals surface area contributed by atoms with Crippen LogP contribution in [0.25, 0.3) is 10.9 Å². The number of piperidine rings is 1. The summed E-state index contributed by atoms with van der Waals surface area (Å²) < 4.78 is 25.1. The largest absolute Gasteiger partial charge is 0.493 e. The van der Waals surface area contributed by atoms with Gasteiger partial charge in [0, 0.05) is 29.9 Å². The molecule has 0 unspecified atom stereocenters. The highest BCUT2D eigenvalue weighted by atomic mass is 19.1. The van der Waals surface area contributed by atoms with E-state index >= 15 is 0 Å². The zero-order valence-corrected chi connectivity index (χ0v) is 20.9. The molecule has 8 nitrogen and oxygen atoms in total. The minimum absolute atomic E-state index is 0.302. The van der Waals surface area contributed by atoms with E-state index < -0.39 is 0 Å². The quantitative estimate of drug-likeness (QED) is 0.259. The van der Waals surface area contributed by atoms with Gasteiger partial charge in [-0.2, -0.15) is 4.98 Å². The van der Waals surface area contributed by atoms with E-state index in [1.807, 2.05) is 24.3 Å². The Morgan fingerprint density at radius 2 is 1.81 bits per heavy atom. The van der Waals surface area contributed by atoms with Crippen LogP contribution in [0.2, 0.25) is 0 Å². The highest BCUT2D eigenvalue weighted by molar-refractivity contribution is 5.82. The second kappa shape index (κ2) is 11.8. The maximum Gasteiger partial charge on any atom is 0.229 e. The molecule has 2 aromatic heterocycles. The van der Waals surface area contributed by atoms with Crippen LogP contribution in [0.15, 0.2) is 60.9 Å². The fourth-order valence-corrected chi connectivity index (χ4v) is 4.45. The van der Waals surface area contributed by atoms with Crippen molar-refractivity contribution in [2.24, 2.45) is 0 Å². The van der Waals surface area contributed by atoms with E-state index in [4.69, 9.17) is 9.47 Å². The predicted molar refractivity (Wildman–Crippen MR) is 144 cm³/mol. The zero-order chi connectivity index (χ0) is 25.5. The normalized spacial score (nSPS) is 13.9. The van der Waals surface area contributed by atoms with Crippen LogP contribution in [0, 0.1) is 5.82 Å². The first-order valence-corrected chi connectivity index (χ1v) is 12.6. The number of nitrogens with one attached hydrogen (secondary N) is 2. The summed E-state index contributed by atoms with van der Waals surface area (Å²) in [4.78, 5) is 15.7. The lowest BCUT2D eigenvalue weighted by Gasteiger charge is -2.26. The van der Waals surface area contributed by atoms with Gasteiger partial charge in [0.05, 0.1) is 31.1 Å². The number of rotatable bonds is 10. The molecule has 0 radical (unpaired) electrons. The minimum Gasteiger partial charge on any atom is -0.493 e. The summed E-state index contributed by atoms with van der Waals surface area (Å²) >= 11 is 0. The Labute approximate surface area is 215 Å². The third-order valence-electron chi connectivity index (χ3n) is 6.32. The van der Waals surface area contributed by atoms with Gasteiger partial charge in [-0.25, -0.2) is 9.37 Å². The second-order valence-corrected chi connectivity index (χ2v) is 9.05. The van der Waals surface area contributed by atoms with Crippen molar-refractivity contribution in [2.45, 2.75) is 25.7 Å². The number of benzene rings is 2. The standard InChI is InChI=1S/C28H31FN6O2/c1-36-26-18-22(7-9-25(26)37-15-5-14-35-12-3-2-4-13-35)33-28-30-11-10-27(34-28)32-23-17-20-16-21(29)6-8-24(20)31-19-23/h6-11,16-19H,2-5,12-15H2,1H3,(H2,30,32,33,34). The van der Waals surface area contributed by atoms with Crippen molar-refractivity contribution < 1.29 is 13.9 Å². The molecule has 0 atom stereocenters. The van der Waals surface area contributed by atoms with Gasteiger partial charge in [0.15, 0.2) is 11.5 Å². The number of anilines is 4. The zero-order valence-electron chi connectivity index (χ0n) is 20.9. The lowest BCUT2D eigenvalue weighted by atomic mass is 10.1. The van der Waals surface area contributed by atoms with Crippen molar-refractivity contribution in [1.82, 2.24) is 19.9 Å². The predicted octanol–water partition coefficient (Wildman–Crippen LogP) is 5.91. The number of aromatic nitrogens is 3. The smallest absolute Gasteiger partial charge is 0.229 e. The van der Waals surface area contributed by atoms with Gasteiger partial charge in [0.1, 0.15) is 11.6 Å². The Morgan fingerprint density at radius 1 is 0.919 bits per heavy atom. The fourth-order valence-electron chi connectivity index (χ4n) is 4.45. The van der Waals surface area contributed by atoms with Crippen molar-refractivity contribution in [1.29, 1.82) is 0 Å². The van der Waals surface area contributed by atoms with Crippen molar-refractivity contribution in [2.75, 3.05) is 44.0 Å². The fraction of sp³-hybridized carbons (Fsp3) is 0.321. The summed E-state index contributed by atoms with van der Waals surface area (Å²) in [5.41, 5.74) is 2.20. The molecule has 0 aliphatic carbocycles. The number of methoxy groups -OCH3 is 1. The Hall–Kier alpha value is -3.98. The van der Waals surface area contributed by atoms with Crippen LogP contribution in [0.5, 0.6) is 11.5 Å². The van der Waals surface area contributed by atoms with E-state index in [2.05, 4.69) is 30.5 Å². The van der Waals surface area contributed by atoms with Gasteiger partial charge in [-0.15, -0.1) is 0 Å². The molecular weight excluding hydrogens is 471 g/mol. The van der Waals surface area contributed by atoms with E-state index in [0.717, 1.165) is 24.2 Å². The number of pyridine rings is 1. The summed E-state index contributed by atoms with van der Waals surface area (Å²) in [7, 11) is 1.63. The number of nitrogens with zero attached hydrogens (tertiary/aromatic N) is 4. The SMILES string of the molecule is COc1cc(Nc2nccc(Nc3cnc4ccc(F)cc4c3)n2)ccc1OCCCN1CCCCC1. The van der Waals surface area contributed by atoms with E-state index in [-0.39, 0.29) is 5.82 Å². The highest BCUT2D eigenvalue weighted by Crippen LogP contribution is 2.31. The second-order valence-electron chi connectivity index (χ2n) is 9.05. The van der Waals surface area contributed by atoms with Crippen LogP contribution in [0.4, 0.5) is 27.5 Å². The van der Waals surface area contributed by atoms with E-state index in [0.29, 0.717) is 40.9 Å². The molecule has 9 heteroatoms. The molecule has 192 valence electrons. The number of halogens is 1. The van der Waals surface area contributed by atoms with Gasteiger partial charge in [0.2, 0.25) is 5.95 Å². The molecule has 5 rings (SSSR count). The number of fused-ring (bicyclic) bond motifs is 1. The first-order valence-electron chi connectivity index (χ1n) is 12.6. The van der Waals surface area contributed by atoms with Crippen LogP contribution in [-0.4, -0.2) is 53.2 Å². The topological polar surface area (TPSA) is 84.4 Å². The first-order chi connectivity index (χ1) is 18.2. The summed E-state index contributed by atoms with van der Waals surface area (Å²) in [5, 5.41) is 7.12. The Kier molecular flexibility index (Phi) is 7.90. The third-order valence-corrected chi connectivity index (χ3v) is 6.32. The number of likely N-dealkylation sites (tertiary alicyclic amines) is 1. The molecule has 1 aliphatic heterocycles. The van der Waals surface area contributed by atoms with Gasteiger partial charge < -0.3 is 25.0 Å². The number of hydrogen-bond donors (Lipinski definition) is 2. The lowest BCUT2D eigenvalue weighted by Crippen LogP contribution is -2.31.